The van der Waals surface area contributed by atoms with Crippen LogP contribution in [0.3, 0.4) is 0 Å². The smallest absolute Gasteiger partial charge is 0.326 e. The highest BCUT2D eigenvalue weighted by molar-refractivity contribution is 5.98. The highest BCUT2D eigenvalue weighted by Crippen LogP contribution is 2.24. The van der Waals surface area contributed by atoms with Crippen LogP contribution in [0.25, 0.3) is 0 Å². The van der Waals surface area contributed by atoms with Crippen LogP contribution < -0.4 is 5.32 Å². The second-order valence-corrected chi connectivity index (χ2v) is 6.21. The van der Waals surface area contributed by atoms with Crippen LogP contribution in [0.15, 0.2) is 60.7 Å². The molecule has 6 heteroatoms. The summed E-state index contributed by atoms with van der Waals surface area (Å²) in [5.74, 6) is -1.79. The Morgan fingerprint density at radius 2 is 1.62 bits per heavy atom. The summed E-state index contributed by atoms with van der Waals surface area (Å²) in [6.45, 7) is 0.375. The number of benzene rings is 2. The molecule has 1 heterocycles. The molecular weight excluding hydrogens is 332 g/mol. The van der Waals surface area contributed by atoms with Crippen LogP contribution in [-0.4, -0.2) is 40.4 Å². The summed E-state index contributed by atoms with van der Waals surface area (Å²) in [7, 11) is 0. The highest BCUT2D eigenvalue weighted by atomic mass is 16.4. The van der Waals surface area contributed by atoms with E-state index in [4.69, 9.17) is 0 Å². The van der Waals surface area contributed by atoms with Crippen molar-refractivity contribution in [1.82, 2.24) is 10.2 Å². The Kier molecular flexibility index (Phi) is 5.31. The first kappa shape index (κ1) is 17.7. The summed E-state index contributed by atoms with van der Waals surface area (Å²) >= 11 is 0. The Morgan fingerprint density at radius 1 is 1.00 bits per heavy atom. The molecule has 0 bridgehead atoms. The van der Waals surface area contributed by atoms with Gasteiger partial charge in [-0.1, -0.05) is 48.5 Å². The zero-order valence-electron chi connectivity index (χ0n) is 14.2. The highest BCUT2D eigenvalue weighted by Gasteiger charge is 2.38. The number of carbonyl (C=O) groups excluding carboxylic acids is 2. The van der Waals surface area contributed by atoms with E-state index < -0.39 is 24.0 Å². The predicted octanol–water partition coefficient (Wildman–Crippen LogP) is 2.23. The van der Waals surface area contributed by atoms with Gasteiger partial charge in [-0.25, -0.2) is 4.79 Å². The summed E-state index contributed by atoms with van der Waals surface area (Å²) in [4.78, 5) is 38.4. The Morgan fingerprint density at radius 3 is 2.23 bits per heavy atom. The third-order valence-electron chi connectivity index (χ3n) is 4.51. The standard InChI is InChI=1S/C20H20N2O4/c23-18(15-10-5-2-6-11-15)21-17(14-8-3-1-4-9-14)19(24)22-13-7-12-16(22)20(25)26/h1-6,8-11,16-17H,7,12-13H2,(H,21,23)(H,25,26). The Bertz CT molecular complexity index is 792. The third kappa shape index (κ3) is 3.74. The van der Waals surface area contributed by atoms with Crippen molar-refractivity contribution in [2.24, 2.45) is 0 Å². The van der Waals surface area contributed by atoms with E-state index in [1.807, 2.05) is 6.07 Å². The molecule has 2 aromatic carbocycles. The Hall–Kier alpha value is -3.15. The monoisotopic (exact) mass is 352 g/mol. The summed E-state index contributed by atoms with van der Waals surface area (Å²) in [6.07, 6.45) is 1.06. The van der Waals surface area contributed by atoms with Gasteiger partial charge in [0.15, 0.2) is 0 Å². The van der Waals surface area contributed by atoms with Crippen molar-refractivity contribution in [2.75, 3.05) is 6.54 Å². The number of carboxylic acid groups (broad SMARTS) is 1. The maximum absolute atomic E-state index is 13.1. The largest absolute Gasteiger partial charge is 0.480 e. The molecule has 26 heavy (non-hydrogen) atoms. The number of likely N-dealkylation sites (tertiary alicyclic amines) is 1. The number of nitrogens with one attached hydrogen (secondary N) is 1. The fourth-order valence-electron chi connectivity index (χ4n) is 3.19. The zero-order valence-corrected chi connectivity index (χ0v) is 14.2. The molecule has 2 amide bonds. The lowest BCUT2D eigenvalue weighted by Gasteiger charge is -2.27. The van der Waals surface area contributed by atoms with E-state index in [0.29, 0.717) is 30.5 Å². The molecule has 2 atom stereocenters. The van der Waals surface area contributed by atoms with Crippen molar-refractivity contribution in [3.63, 3.8) is 0 Å². The minimum Gasteiger partial charge on any atom is -0.480 e. The van der Waals surface area contributed by atoms with Gasteiger partial charge >= 0.3 is 5.97 Å². The van der Waals surface area contributed by atoms with Crippen molar-refractivity contribution < 1.29 is 19.5 Å². The van der Waals surface area contributed by atoms with E-state index in [-0.39, 0.29) is 5.91 Å². The average molecular weight is 352 g/mol. The lowest BCUT2D eigenvalue weighted by Crippen LogP contribution is -2.47. The van der Waals surface area contributed by atoms with E-state index in [2.05, 4.69) is 5.32 Å². The molecule has 0 radical (unpaired) electrons. The molecule has 1 aliphatic rings. The number of hydrogen-bond acceptors (Lipinski definition) is 3. The van der Waals surface area contributed by atoms with Gasteiger partial charge in [-0.2, -0.15) is 0 Å². The SMILES string of the molecule is O=C(NC(C(=O)N1CCCC1C(=O)O)c1ccccc1)c1ccccc1. The molecule has 134 valence electrons. The molecule has 1 saturated heterocycles. The normalized spacial score (nSPS) is 17.5. The van der Waals surface area contributed by atoms with Crippen LogP contribution in [0.5, 0.6) is 0 Å². The van der Waals surface area contributed by atoms with Crippen molar-refractivity contribution in [3.05, 3.63) is 71.8 Å². The van der Waals surface area contributed by atoms with E-state index in [1.165, 1.54) is 4.90 Å². The van der Waals surface area contributed by atoms with Crippen LogP contribution in [0, 0.1) is 0 Å². The first-order valence-electron chi connectivity index (χ1n) is 8.52. The molecule has 0 aliphatic carbocycles. The number of carbonyl (C=O) groups is 3. The van der Waals surface area contributed by atoms with Gasteiger partial charge in [0.2, 0.25) is 0 Å². The molecule has 6 nitrogen and oxygen atoms in total. The molecular formula is C20H20N2O4. The molecule has 3 rings (SSSR count). The maximum Gasteiger partial charge on any atom is 0.326 e. The van der Waals surface area contributed by atoms with Crippen molar-refractivity contribution >= 4 is 17.8 Å². The topological polar surface area (TPSA) is 86.7 Å². The van der Waals surface area contributed by atoms with E-state index in [9.17, 15) is 19.5 Å². The van der Waals surface area contributed by atoms with Crippen LogP contribution in [0.1, 0.15) is 34.8 Å². The fraction of sp³-hybridized carbons (Fsp3) is 0.250. The summed E-state index contributed by atoms with van der Waals surface area (Å²) in [5.41, 5.74) is 1.07. The lowest BCUT2D eigenvalue weighted by molar-refractivity contribution is -0.149. The number of aliphatic carboxylic acids is 1. The molecule has 2 unspecified atom stereocenters. The van der Waals surface area contributed by atoms with Crippen molar-refractivity contribution in [2.45, 2.75) is 24.9 Å². The Balaban J connectivity index is 1.88. The number of carboxylic acids is 1. The van der Waals surface area contributed by atoms with Gasteiger partial charge < -0.3 is 15.3 Å². The molecule has 1 aliphatic heterocycles. The van der Waals surface area contributed by atoms with Crippen molar-refractivity contribution in [3.8, 4) is 0 Å². The minimum absolute atomic E-state index is 0.375. The van der Waals surface area contributed by atoms with Crippen molar-refractivity contribution in [1.29, 1.82) is 0 Å². The van der Waals surface area contributed by atoms with Gasteiger partial charge in [-0.3, -0.25) is 9.59 Å². The minimum atomic E-state index is -1.02. The molecule has 0 saturated carbocycles. The number of hydrogen-bond donors (Lipinski definition) is 2. The first-order chi connectivity index (χ1) is 12.6. The van der Waals surface area contributed by atoms with E-state index in [1.54, 1.807) is 54.6 Å². The van der Waals surface area contributed by atoms with Crippen LogP contribution in [0.4, 0.5) is 0 Å². The second-order valence-electron chi connectivity index (χ2n) is 6.21. The summed E-state index contributed by atoms with van der Waals surface area (Å²) in [6, 6.07) is 15.7. The molecule has 1 fully saturated rings. The quantitative estimate of drug-likeness (QED) is 0.864. The fourth-order valence-corrected chi connectivity index (χ4v) is 3.19. The van der Waals surface area contributed by atoms with Crippen LogP contribution >= 0.6 is 0 Å². The molecule has 0 spiro atoms. The van der Waals surface area contributed by atoms with Crippen LogP contribution in [0.2, 0.25) is 0 Å². The van der Waals surface area contributed by atoms with Crippen LogP contribution in [-0.2, 0) is 9.59 Å². The molecule has 2 N–H and O–H groups in total. The number of nitrogens with zero attached hydrogens (tertiary/aromatic N) is 1. The van der Waals surface area contributed by atoms with Gasteiger partial charge in [0, 0.05) is 12.1 Å². The van der Waals surface area contributed by atoms with Gasteiger partial charge in [0.05, 0.1) is 0 Å². The Labute approximate surface area is 151 Å². The third-order valence-corrected chi connectivity index (χ3v) is 4.51. The van der Waals surface area contributed by atoms with E-state index in [0.717, 1.165) is 0 Å². The number of rotatable bonds is 5. The van der Waals surface area contributed by atoms with E-state index >= 15 is 0 Å². The van der Waals surface area contributed by atoms with Gasteiger partial charge in [-0.05, 0) is 30.5 Å². The first-order valence-corrected chi connectivity index (χ1v) is 8.52. The van der Waals surface area contributed by atoms with Gasteiger partial charge in [-0.15, -0.1) is 0 Å². The summed E-state index contributed by atoms with van der Waals surface area (Å²) in [5, 5.41) is 12.1. The average Bonchev–Trinajstić information content (AvgIpc) is 3.17. The predicted molar refractivity (Wildman–Crippen MR) is 95.5 cm³/mol. The number of amides is 2. The summed E-state index contributed by atoms with van der Waals surface area (Å²) < 4.78 is 0. The van der Waals surface area contributed by atoms with Gasteiger partial charge in [0.25, 0.3) is 11.8 Å². The van der Waals surface area contributed by atoms with Gasteiger partial charge in [0.1, 0.15) is 12.1 Å². The second kappa shape index (κ2) is 7.82. The molecule has 2 aromatic rings. The maximum atomic E-state index is 13.1. The lowest BCUT2D eigenvalue weighted by atomic mass is 10.0. The zero-order chi connectivity index (χ0) is 18.5. The molecule has 0 aromatic heterocycles.